The maximum Gasteiger partial charge on any atom is 0.216 e. The van der Waals surface area contributed by atoms with Gasteiger partial charge in [-0.05, 0) is 45.7 Å². The van der Waals surface area contributed by atoms with Crippen LogP contribution < -0.4 is 15.4 Å². The van der Waals surface area contributed by atoms with Crippen LogP contribution in [0.2, 0.25) is 0 Å². The number of hydrogen-bond donors (Lipinski definition) is 2. The molecule has 0 aliphatic carbocycles. The van der Waals surface area contributed by atoms with Gasteiger partial charge in [0.15, 0.2) is 5.96 Å². The molecular weight excluding hydrogens is 443 g/mol. The molecule has 26 heavy (non-hydrogen) atoms. The van der Waals surface area contributed by atoms with Crippen LogP contribution in [0.3, 0.4) is 0 Å². The van der Waals surface area contributed by atoms with Crippen LogP contribution in [-0.2, 0) is 6.54 Å². The van der Waals surface area contributed by atoms with E-state index < -0.39 is 0 Å². The van der Waals surface area contributed by atoms with Gasteiger partial charge in [0.1, 0.15) is 24.7 Å². The molecule has 7 heteroatoms. The number of oxazole rings is 1. The first-order valence-electron chi connectivity index (χ1n) is 8.65. The molecule has 2 aromatic rings. The summed E-state index contributed by atoms with van der Waals surface area (Å²) < 4.78 is 11.5. The maximum atomic E-state index is 5.90. The van der Waals surface area contributed by atoms with Crippen molar-refractivity contribution in [2.75, 3.05) is 19.7 Å². The molecule has 144 valence electrons. The molecule has 0 aliphatic heterocycles. The van der Waals surface area contributed by atoms with E-state index in [9.17, 15) is 0 Å². The minimum Gasteiger partial charge on any atom is -0.491 e. The van der Waals surface area contributed by atoms with Gasteiger partial charge < -0.3 is 19.8 Å². The summed E-state index contributed by atoms with van der Waals surface area (Å²) >= 11 is 0. The predicted octanol–water partition coefficient (Wildman–Crippen LogP) is 3.66. The second-order valence-electron chi connectivity index (χ2n) is 5.94. The monoisotopic (exact) mass is 472 g/mol. The average molecular weight is 472 g/mol. The lowest BCUT2D eigenvalue weighted by Crippen LogP contribution is -2.39. The van der Waals surface area contributed by atoms with Crippen LogP contribution in [-0.4, -0.2) is 30.6 Å². The largest absolute Gasteiger partial charge is 0.491 e. The highest BCUT2D eigenvalue weighted by Crippen LogP contribution is 2.21. The molecule has 2 N–H and O–H groups in total. The number of aliphatic imine (C=N–C) groups is 1. The lowest BCUT2D eigenvalue weighted by atomic mass is 10.1. The van der Waals surface area contributed by atoms with Crippen LogP contribution in [0.25, 0.3) is 0 Å². The Morgan fingerprint density at radius 2 is 1.85 bits per heavy atom. The van der Waals surface area contributed by atoms with Gasteiger partial charge in [-0.15, -0.1) is 24.0 Å². The van der Waals surface area contributed by atoms with Crippen LogP contribution in [0.15, 0.2) is 27.6 Å². The van der Waals surface area contributed by atoms with E-state index in [1.165, 1.54) is 0 Å². The average Bonchev–Trinajstić information content (AvgIpc) is 2.89. The quantitative estimate of drug-likeness (QED) is 0.279. The van der Waals surface area contributed by atoms with Gasteiger partial charge >= 0.3 is 0 Å². The summed E-state index contributed by atoms with van der Waals surface area (Å²) in [6.07, 6.45) is 0. The van der Waals surface area contributed by atoms with Crippen molar-refractivity contribution < 1.29 is 9.15 Å². The van der Waals surface area contributed by atoms with Gasteiger partial charge in [0.05, 0.1) is 12.2 Å². The van der Waals surface area contributed by atoms with E-state index in [1.807, 2.05) is 26.8 Å². The van der Waals surface area contributed by atoms with E-state index in [-0.39, 0.29) is 24.0 Å². The molecule has 0 aliphatic rings. The van der Waals surface area contributed by atoms with Crippen molar-refractivity contribution in [2.24, 2.45) is 4.99 Å². The molecule has 0 amide bonds. The zero-order valence-electron chi connectivity index (χ0n) is 16.2. The highest BCUT2D eigenvalue weighted by atomic mass is 127. The molecule has 0 radical (unpaired) electrons. The molecule has 1 aromatic heterocycles. The summed E-state index contributed by atoms with van der Waals surface area (Å²) in [5.74, 6) is 3.14. The van der Waals surface area contributed by atoms with Crippen molar-refractivity contribution >= 4 is 29.9 Å². The Labute approximate surface area is 172 Å². The van der Waals surface area contributed by atoms with Crippen LogP contribution in [0.4, 0.5) is 0 Å². The maximum absolute atomic E-state index is 5.90. The van der Waals surface area contributed by atoms with Gasteiger partial charge in [-0.3, -0.25) is 0 Å². The minimum atomic E-state index is 0. The second-order valence-corrected chi connectivity index (χ2v) is 5.94. The molecule has 1 heterocycles. The molecule has 0 fully saturated rings. The molecule has 6 nitrogen and oxygen atoms in total. The number of rotatable bonds is 7. The number of guanidine groups is 1. The second kappa shape index (κ2) is 11.1. The van der Waals surface area contributed by atoms with Crippen molar-refractivity contribution in [3.63, 3.8) is 0 Å². The molecule has 0 unspecified atom stereocenters. The number of benzene rings is 1. The summed E-state index contributed by atoms with van der Waals surface area (Å²) in [7, 11) is 0. The molecule has 0 spiro atoms. The number of aromatic nitrogens is 1. The Hall–Kier alpha value is -1.77. The Bertz CT molecular complexity index is 689. The first kappa shape index (κ1) is 22.3. The lowest BCUT2D eigenvalue weighted by Gasteiger charge is -2.14. The van der Waals surface area contributed by atoms with Gasteiger partial charge in [0.2, 0.25) is 5.89 Å². The normalized spacial score (nSPS) is 11.0. The molecule has 0 saturated heterocycles. The van der Waals surface area contributed by atoms with Gasteiger partial charge in [-0.25, -0.2) is 9.98 Å². The topological polar surface area (TPSA) is 71.7 Å². The fraction of sp³-hybridized carbons (Fsp3) is 0.474. The summed E-state index contributed by atoms with van der Waals surface area (Å²) in [4.78, 5) is 8.84. The number of halogens is 1. The summed E-state index contributed by atoms with van der Waals surface area (Å²) in [6, 6.07) is 6.15. The lowest BCUT2D eigenvalue weighted by molar-refractivity contribution is 0.317. The van der Waals surface area contributed by atoms with Crippen molar-refractivity contribution in [1.29, 1.82) is 0 Å². The number of nitrogens with one attached hydrogen (secondary N) is 2. The standard InChI is InChI=1S/C19H28N4O2.HI/c1-6-20-19(22-12-17-23-15(4)16(5)25-17)21-10-11-24-18-13(2)8-7-9-14(18)3;/h7-9H,6,10-12H2,1-5H3,(H2,20,21,22);1H. The summed E-state index contributed by atoms with van der Waals surface area (Å²) in [6.45, 7) is 12.4. The Balaban J connectivity index is 0.00000338. The highest BCUT2D eigenvalue weighted by molar-refractivity contribution is 14.0. The molecule has 0 saturated carbocycles. The van der Waals surface area contributed by atoms with Gasteiger partial charge in [0, 0.05) is 6.54 Å². The zero-order valence-corrected chi connectivity index (χ0v) is 18.5. The van der Waals surface area contributed by atoms with Crippen LogP contribution in [0.1, 0.15) is 35.4 Å². The fourth-order valence-electron chi connectivity index (χ4n) is 2.44. The fourth-order valence-corrected chi connectivity index (χ4v) is 2.44. The van der Waals surface area contributed by atoms with E-state index in [4.69, 9.17) is 9.15 Å². The van der Waals surface area contributed by atoms with Crippen molar-refractivity contribution in [3.05, 3.63) is 46.7 Å². The first-order valence-corrected chi connectivity index (χ1v) is 8.65. The highest BCUT2D eigenvalue weighted by Gasteiger charge is 2.06. The Kier molecular flexibility index (Phi) is 9.47. The van der Waals surface area contributed by atoms with Crippen LogP contribution in [0, 0.1) is 27.7 Å². The number of para-hydroxylation sites is 1. The molecule has 0 atom stereocenters. The summed E-state index contributed by atoms with van der Waals surface area (Å²) in [5, 5.41) is 6.48. The number of nitrogens with zero attached hydrogens (tertiary/aromatic N) is 2. The van der Waals surface area contributed by atoms with Crippen molar-refractivity contribution in [1.82, 2.24) is 15.6 Å². The third-order valence-electron chi connectivity index (χ3n) is 3.84. The summed E-state index contributed by atoms with van der Waals surface area (Å²) in [5.41, 5.74) is 3.20. The predicted molar refractivity (Wildman–Crippen MR) is 116 cm³/mol. The number of aryl methyl sites for hydroxylation is 4. The number of hydrogen-bond acceptors (Lipinski definition) is 4. The van der Waals surface area contributed by atoms with Crippen LogP contribution in [0.5, 0.6) is 5.75 Å². The molecule has 2 rings (SSSR count). The third kappa shape index (κ3) is 6.51. The van der Waals surface area contributed by atoms with Crippen LogP contribution >= 0.6 is 24.0 Å². The van der Waals surface area contributed by atoms with E-state index >= 15 is 0 Å². The van der Waals surface area contributed by atoms with Crippen molar-refractivity contribution in [2.45, 2.75) is 41.2 Å². The SMILES string of the molecule is CCNC(=NCc1nc(C)c(C)o1)NCCOc1c(C)cccc1C.I. The van der Waals surface area contributed by atoms with E-state index in [0.29, 0.717) is 25.6 Å². The molecule has 1 aromatic carbocycles. The van der Waals surface area contributed by atoms with E-state index in [2.05, 4.69) is 46.6 Å². The third-order valence-corrected chi connectivity index (χ3v) is 3.84. The van der Waals surface area contributed by atoms with Gasteiger partial charge in [-0.1, -0.05) is 18.2 Å². The van der Waals surface area contributed by atoms with Crippen molar-refractivity contribution in [3.8, 4) is 5.75 Å². The molecule has 0 bridgehead atoms. The number of ether oxygens (including phenoxy) is 1. The zero-order chi connectivity index (χ0) is 18.2. The van der Waals surface area contributed by atoms with E-state index in [1.54, 1.807) is 0 Å². The minimum absolute atomic E-state index is 0. The Morgan fingerprint density at radius 3 is 2.42 bits per heavy atom. The van der Waals surface area contributed by atoms with Gasteiger partial charge in [0.25, 0.3) is 0 Å². The first-order chi connectivity index (χ1) is 12.0. The van der Waals surface area contributed by atoms with Gasteiger partial charge in [-0.2, -0.15) is 0 Å². The Morgan fingerprint density at radius 1 is 1.15 bits per heavy atom. The molecular formula is C19H29IN4O2. The van der Waals surface area contributed by atoms with E-state index in [0.717, 1.165) is 40.8 Å². The smallest absolute Gasteiger partial charge is 0.216 e.